The van der Waals surface area contributed by atoms with Gasteiger partial charge in [0.1, 0.15) is 0 Å². The molecule has 6 aliphatic rings. The van der Waals surface area contributed by atoms with Crippen LogP contribution in [-0.2, 0) is 16.2 Å². The van der Waals surface area contributed by atoms with Gasteiger partial charge in [-0.3, -0.25) is 0 Å². The number of rotatable bonds is 7. The molecule has 7 aromatic rings. The number of hydrogen-bond acceptors (Lipinski definition) is 1. The van der Waals surface area contributed by atoms with Gasteiger partial charge in [-0.15, -0.1) is 0 Å². The standard InChI is InChI=1S/C67H57N.C2H6/c1-65(2)59-29-17-15-26-57(59)64-52(27-18-30-60(64)65)46-33-38-55-56-40-37-51(43-63(56)67(62(55)41-46,47-21-10-6-11-22-47)48-23-12-7-13-24-48)68(49-34-31-45(32-35-49)44-19-8-5-9-20-44)50-36-39-54-53-25-14-16-28-58(53)66(3,4)61(54)42-50;1-2/h6-8,10-16,18-28,30-31,33-43,45H,5,9,17,29,32H2,1-4H3;1-2H3. The maximum Gasteiger partial charge on any atom is 0.0714 e. The summed E-state index contributed by atoms with van der Waals surface area (Å²) >= 11 is 0. The Kier molecular flexibility index (Phi) is 10.7. The third-order valence-corrected chi connectivity index (χ3v) is 16.7. The smallest absolute Gasteiger partial charge is 0.0714 e. The van der Waals surface area contributed by atoms with Gasteiger partial charge in [0.2, 0.25) is 0 Å². The van der Waals surface area contributed by atoms with Crippen molar-refractivity contribution in [3.63, 3.8) is 0 Å². The van der Waals surface area contributed by atoms with Gasteiger partial charge in [-0.25, -0.2) is 0 Å². The Bertz CT molecular complexity index is 3380. The number of nitrogens with zero attached hydrogens (tertiary/aromatic N) is 1. The summed E-state index contributed by atoms with van der Waals surface area (Å²) in [6, 6.07) is 60.7. The summed E-state index contributed by atoms with van der Waals surface area (Å²) in [5.74, 6) is 0.382. The highest BCUT2D eigenvalue weighted by Crippen LogP contribution is 2.60. The molecule has 344 valence electrons. The molecule has 0 radical (unpaired) electrons. The molecular formula is C69H63N. The number of anilines is 2. The Morgan fingerprint density at radius 1 is 0.471 bits per heavy atom. The topological polar surface area (TPSA) is 3.24 Å². The van der Waals surface area contributed by atoms with Crippen LogP contribution in [0.1, 0.15) is 118 Å². The van der Waals surface area contributed by atoms with Gasteiger partial charge < -0.3 is 4.90 Å². The first-order valence-corrected chi connectivity index (χ1v) is 26.0. The summed E-state index contributed by atoms with van der Waals surface area (Å²) in [5, 5.41) is 0. The monoisotopic (exact) mass is 905 g/mol. The first-order chi connectivity index (χ1) is 34.2. The lowest BCUT2D eigenvalue weighted by atomic mass is 9.67. The quantitative estimate of drug-likeness (QED) is 0.154. The molecular weight excluding hydrogens is 843 g/mol. The molecule has 1 nitrogen and oxygen atoms in total. The van der Waals surface area contributed by atoms with Crippen LogP contribution >= 0.6 is 0 Å². The fourth-order valence-corrected chi connectivity index (χ4v) is 13.3. The lowest BCUT2D eigenvalue weighted by Gasteiger charge is -2.35. The molecule has 1 heteroatoms. The lowest BCUT2D eigenvalue weighted by Crippen LogP contribution is -2.29. The van der Waals surface area contributed by atoms with E-state index in [-0.39, 0.29) is 10.8 Å². The molecule has 7 aromatic carbocycles. The Morgan fingerprint density at radius 3 is 1.76 bits per heavy atom. The first kappa shape index (κ1) is 44.0. The van der Waals surface area contributed by atoms with Crippen molar-refractivity contribution in [1.29, 1.82) is 0 Å². The number of fused-ring (bicyclic) bond motifs is 8. The van der Waals surface area contributed by atoms with E-state index in [0.717, 1.165) is 32.1 Å². The summed E-state index contributed by atoms with van der Waals surface area (Å²) in [5.41, 5.74) is 26.0. The molecule has 0 amide bonds. The lowest BCUT2D eigenvalue weighted by molar-refractivity contribution is 0.607. The van der Waals surface area contributed by atoms with Crippen LogP contribution in [0.3, 0.4) is 0 Å². The van der Waals surface area contributed by atoms with Crippen LogP contribution in [0.15, 0.2) is 223 Å². The molecule has 1 unspecified atom stereocenters. The maximum absolute atomic E-state index is 2.56. The Balaban J connectivity index is 0.00000249. The number of hydrogen-bond donors (Lipinski definition) is 0. The second-order valence-corrected chi connectivity index (χ2v) is 20.9. The van der Waals surface area contributed by atoms with Gasteiger partial charge in [0.25, 0.3) is 0 Å². The van der Waals surface area contributed by atoms with Gasteiger partial charge in [0.05, 0.1) is 5.41 Å². The van der Waals surface area contributed by atoms with Crippen LogP contribution in [0.2, 0.25) is 0 Å². The van der Waals surface area contributed by atoms with Crippen LogP contribution in [0.5, 0.6) is 0 Å². The van der Waals surface area contributed by atoms with Crippen molar-refractivity contribution in [3.05, 3.63) is 268 Å². The average Bonchev–Trinajstić information content (AvgIpc) is 3.94. The van der Waals surface area contributed by atoms with Crippen molar-refractivity contribution >= 4 is 16.9 Å². The molecule has 0 bridgehead atoms. The zero-order chi connectivity index (χ0) is 47.8. The minimum Gasteiger partial charge on any atom is -0.311 e. The van der Waals surface area contributed by atoms with Crippen LogP contribution in [0, 0.1) is 5.92 Å². The van der Waals surface area contributed by atoms with E-state index >= 15 is 0 Å². The van der Waals surface area contributed by atoms with Crippen molar-refractivity contribution in [3.8, 4) is 33.4 Å². The summed E-state index contributed by atoms with van der Waals surface area (Å²) < 4.78 is 0. The summed E-state index contributed by atoms with van der Waals surface area (Å²) in [7, 11) is 0. The van der Waals surface area contributed by atoms with E-state index in [1.807, 2.05) is 13.8 Å². The van der Waals surface area contributed by atoms with E-state index < -0.39 is 5.41 Å². The molecule has 0 spiro atoms. The van der Waals surface area contributed by atoms with Gasteiger partial charge in [-0.1, -0.05) is 217 Å². The highest BCUT2D eigenvalue weighted by atomic mass is 15.1. The van der Waals surface area contributed by atoms with Gasteiger partial charge >= 0.3 is 0 Å². The zero-order valence-corrected chi connectivity index (χ0v) is 41.7. The Labute approximate surface area is 416 Å². The van der Waals surface area contributed by atoms with E-state index in [0.29, 0.717) is 5.92 Å². The minimum absolute atomic E-state index is 0.00511. The highest BCUT2D eigenvalue weighted by molar-refractivity contribution is 5.97. The van der Waals surface area contributed by atoms with Crippen LogP contribution in [0.25, 0.3) is 39.0 Å². The SMILES string of the molecule is CC.CC1(C)C2=C(C=CCC2)c2c(-c3ccc4c(c3)C(c3ccccc3)(c3ccccc3)c3cc(N(C5=CCC(C6=CCCC=C6)C=C5)c5ccc6c(c5)C(C)(C)c5ccccc5-6)ccc3-4)cccc21. The molecule has 13 rings (SSSR count). The van der Waals surface area contributed by atoms with Crippen molar-refractivity contribution in [2.45, 2.75) is 89.9 Å². The molecule has 0 heterocycles. The van der Waals surface area contributed by atoms with Crippen molar-refractivity contribution in [2.75, 3.05) is 4.90 Å². The van der Waals surface area contributed by atoms with E-state index in [2.05, 4.69) is 239 Å². The zero-order valence-electron chi connectivity index (χ0n) is 41.7. The molecule has 70 heavy (non-hydrogen) atoms. The molecule has 0 fully saturated rings. The number of benzene rings is 7. The predicted molar refractivity (Wildman–Crippen MR) is 297 cm³/mol. The van der Waals surface area contributed by atoms with E-state index in [4.69, 9.17) is 0 Å². The van der Waals surface area contributed by atoms with Crippen LogP contribution < -0.4 is 4.90 Å². The minimum atomic E-state index is -0.583. The third kappa shape index (κ3) is 6.57. The van der Waals surface area contributed by atoms with E-state index in [1.165, 1.54) is 106 Å². The molecule has 0 aliphatic heterocycles. The first-order valence-electron chi connectivity index (χ1n) is 26.0. The predicted octanol–water partition coefficient (Wildman–Crippen LogP) is 18.3. The van der Waals surface area contributed by atoms with Gasteiger partial charge in [0, 0.05) is 33.8 Å². The molecule has 1 atom stereocenters. The van der Waals surface area contributed by atoms with Gasteiger partial charge in [0.15, 0.2) is 0 Å². The normalized spacial score (nSPS) is 18.9. The maximum atomic E-state index is 2.56. The van der Waals surface area contributed by atoms with Crippen molar-refractivity contribution in [1.82, 2.24) is 0 Å². The van der Waals surface area contributed by atoms with Gasteiger partial charge in [-0.2, -0.15) is 0 Å². The van der Waals surface area contributed by atoms with Gasteiger partial charge in [-0.05, 0) is 158 Å². The summed E-state index contributed by atoms with van der Waals surface area (Å²) in [4.78, 5) is 2.55. The second kappa shape index (κ2) is 17.0. The Hall–Kier alpha value is -7.22. The summed E-state index contributed by atoms with van der Waals surface area (Å²) in [6.45, 7) is 13.6. The fourth-order valence-electron chi connectivity index (χ4n) is 13.3. The summed E-state index contributed by atoms with van der Waals surface area (Å²) in [6.07, 6.45) is 24.7. The van der Waals surface area contributed by atoms with Crippen LogP contribution in [-0.4, -0.2) is 0 Å². The molecule has 0 N–H and O–H groups in total. The van der Waals surface area contributed by atoms with E-state index in [9.17, 15) is 0 Å². The molecule has 0 aromatic heterocycles. The fraction of sp³-hybridized carbons (Fsp3) is 0.217. The third-order valence-electron chi connectivity index (χ3n) is 16.7. The number of allylic oxidation sites excluding steroid dienone is 11. The molecule has 6 aliphatic carbocycles. The van der Waals surface area contributed by atoms with Crippen LogP contribution in [0.4, 0.5) is 11.4 Å². The van der Waals surface area contributed by atoms with Crippen molar-refractivity contribution < 1.29 is 0 Å². The Morgan fingerprint density at radius 2 is 1.07 bits per heavy atom. The average molecular weight is 906 g/mol. The molecule has 0 saturated heterocycles. The molecule has 0 saturated carbocycles. The van der Waals surface area contributed by atoms with Crippen molar-refractivity contribution in [2.24, 2.45) is 5.92 Å². The highest BCUT2D eigenvalue weighted by Gasteiger charge is 2.47. The second-order valence-electron chi connectivity index (χ2n) is 20.9. The van der Waals surface area contributed by atoms with E-state index in [1.54, 1.807) is 5.57 Å². The largest absolute Gasteiger partial charge is 0.311 e.